The minimum absolute atomic E-state index is 0.672. The number of aromatic nitrogens is 1. The molecule has 1 aliphatic carbocycles. The molecule has 0 aromatic carbocycles. The molecule has 0 N–H and O–H groups in total. The maximum atomic E-state index is 5.45. The summed E-state index contributed by atoms with van der Waals surface area (Å²) >= 11 is 0. The fourth-order valence-corrected chi connectivity index (χ4v) is 1.04. The largest absolute Gasteiger partial charge is 0.477 e. The van der Waals surface area contributed by atoms with Gasteiger partial charge in [-0.15, -0.1) is 6.42 Å². The monoisotopic (exact) mass is 173 g/mol. The van der Waals surface area contributed by atoms with Gasteiger partial charge in [0.2, 0.25) is 5.88 Å². The highest BCUT2D eigenvalue weighted by Gasteiger charge is 2.21. The maximum Gasteiger partial charge on any atom is 0.213 e. The smallest absolute Gasteiger partial charge is 0.213 e. The Labute approximate surface area is 77.9 Å². The molecule has 1 aromatic rings. The van der Waals surface area contributed by atoms with E-state index in [9.17, 15) is 0 Å². The Balaban J connectivity index is 1.93. The fourth-order valence-electron chi connectivity index (χ4n) is 1.04. The average Bonchev–Trinajstić information content (AvgIpc) is 2.99. The van der Waals surface area contributed by atoms with E-state index in [4.69, 9.17) is 11.2 Å². The third kappa shape index (κ3) is 2.22. The molecule has 0 atom stereocenters. The van der Waals surface area contributed by atoms with Gasteiger partial charge in [0.25, 0.3) is 0 Å². The van der Waals surface area contributed by atoms with Crippen LogP contribution in [0.25, 0.3) is 0 Å². The van der Waals surface area contributed by atoms with Gasteiger partial charge >= 0.3 is 0 Å². The van der Waals surface area contributed by atoms with Crippen molar-refractivity contribution in [1.29, 1.82) is 0 Å². The van der Waals surface area contributed by atoms with Crippen molar-refractivity contribution in [2.24, 2.45) is 5.92 Å². The van der Waals surface area contributed by atoms with Gasteiger partial charge in [-0.05, 0) is 24.8 Å². The third-order valence-electron chi connectivity index (χ3n) is 2.07. The third-order valence-corrected chi connectivity index (χ3v) is 2.07. The first-order chi connectivity index (χ1) is 6.38. The molecular formula is C11H11NO. The summed E-state index contributed by atoms with van der Waals surface area (Å²) in [6.07, 6.45) is 9.44. The van der Waals surface area contributed by atoms with Gasteiger partial charge in [-0.2, -0.15) is 0 Å². The molecule has 0 bridgehead atoms. The Kier molecular flexibility index (Phi) is 2.18. The van der Waals surface area contributed by atoms with Gasteiger partial charge in [0, 0.05) is 17.8 Å². The molecule has 1 fully saturated rings. The van der Waals surface area contributed by atoms with Crippen LogP contribution in [0.15, 0.2) is 18.3 Å². The molecule has 13 heavy (non-hydrogen) atoms. The molecule has 0 spiro atoms. The number of terminal acetylenes is 1. The number of hydrogen-bond donors (Lipinski definition) is 0. The van der Waals surface area contributed by atoms with Crippen molar-refractivity contribution in [3.8, 4) is 18.2 Å². The first-order valence-corrected chi connectivity index (χ1v) is 4.44. The predicted molar refractivity (Wildman–Crippen MR) is 50.4 cm³/mol. The lowest BCUT2D eigenvalue weighted by Gasteiger charge is -2.02. The van der Waals surface area contributed by atoms with E-state index < -0.39 is 0 Å². The van der Waals surface area contributed by atoms with Crippen LogP contribution in [-0.4, -0.2) is 11.6 Å². The number of hydrogen-bond acceptors (Lipinski definition) is 2. The van der Waals surface area contributed by atoms with E-state index >= 15 is 0 Å². The van der Waals surface area contributed by atoms with Crippen LogP contribution in [0.5, 0.6) is 5.88 Å². The summed E-state index contributed by atoms with van der Waals surface area (Å²) in [5.74, 6) is 3.94. The molecule has 66 valence electrons. The van der Waals surface area contributed by atoms with Gasteiger partial charge in [-0.3, -0.25) is 0 Å². The van der Waals surface area contributed by atoms with Crippen LogP contribution in [0.2, 0.25) is 0 Å². The van der Waals surface area contributed by atoms with E-state index in [2.05, 4.69) is 10.9 Å². The van der Waals surface area contributed by atoms with Crippen molar-refractivity contribution in [3.05, 3.63) is 23.9 Å². The normalized spacial score (nSPS) is 15.0. The molecule has 1 aromatic heterocycles. The molecule has 1 saturated carbocycles. The minimum atomic E-state index is 0.672. The van der Waals surface area contributed by atoms with Crippen LogP contribution in [-0.2, 0) is 0 Å². The molecular weight excluding hydrogens is 162 g/mol. The molecule has 0 unspecified atom stereocenters. The zero-order valence-electron chi connectivity index (χ0n) is 7.36. The number of rotatable bonds is 3. The Bertz CT molecular complexity index is 319. The summed E-state index contributed by atoms with van der Waals surface area (Å²) in [4.78, 5) is 4.08. The second-order valence-corrected chi connectivity index (χ2v) is 3.28. The number of pyridine rings is 1. The lowest BCUT2D eigenvalue weighted by atomic mass is 10.3. The van der Waals surface area contributed by atoms with Crippen molar-refractivity contribution in [1.82, 2.24) is 4.98 Å². The van der Waals surface area contributed by atoms with Crippen LogP contribution in [0.1, 0.15) is 18.4 Å². The highest BCUT2D eigenvalue weighted by molar-refractivity contribution is 5.31. The van der Waals surface area contributed by atoms with E-state index in [-0.39, 0.29) is 0 Å². The summed E-state index contributed by atoms with van der Waals surface area (Å²) in [5, 5.41) is 0. The number of ether oxygens (including phenoxy) is 1. The quantitative estimate of drug-likeness (QED) is 0.651. The van der Waals surface area contributed by atoms with Gasteiger partial charge in [0.1, 0.15) is 0 Å². The van der Waals surface area contributed by atoms with E-state index in [0.717, 1.165) is 18.1 Å². The first-order valence-electron chi connectivity index (χ1n) is 4.44. The van der Waals surface area contributed by atoms with Gasteiger partial charge < -0.3 is 4.74 Å². The summed E-state index contributed by atoms with van der Waals surface area (Å²) in [7, 11) is 0. The SMILES string of the molecule is C#Cc1ccc(OCC2CC2)nc1. The molecule has 2 rings (SSSR count). The summed E-state index contributed by atoms with van der Waals surface area (Å²) in [6.45, 7) is 0.794. The first kappa shape index (κ1) is 8.12. The summed E-state index contributed by atoms with van der Waals surface area (Å²) < 4.78 is 5.45. The van der Waals surface area contributed by atoms with Gasteiger partial charge in [0.05, 0.1) is 6.61 Å². The molecule has 0 amide bonds. The van der Waals surface area contributed by atoms with Crippen LogP contribution in [0.4, 0.5) is 0 Å². The number of nitrogens with zero attached hydrogens (tertiary/aromatic N) is 1. The topological polar surface area (TPSA) is 22.1 Å². The predicted octanol–water partition coefficient (Wildman–Crippen LogP) is 1.85. The van der Waals surface area contributed by atoms with Gasteiger partial charge in [-0.25, -0.2) is 4.98 Å². The fraction of sp³-hybridized carbons (Fsp3) is 0.364. The Morgan fingerprint density at radius 1 is 1.54 bits per heavy atom. The zero-order chi connectivity index (χ0) is 9.10. The van der Waals surface area contributed by atoms with Crippen LogP contribution < -0.4 is 4.74 Å². The lowest BCUT2D eigenvalue weighted by Crippen LogP contribution is -2.00. The van der Waals surface area contributed by atoms with Crippen molar-refractivity contribution in [3.63, 3.8) is 0 Å². The summed E-state index contributed by atoms with van der Waals surface area (Å²) in [6, 6.07) is 3.66. The van der Waals surface area contributed by atoms with E-state index in [1.165, 1.54) is 12.8 Å². The second kappa shape index (κ2) is 3.49. The minimum Gasteiger partial charge on any atom is -0.477 e. The molecule has 1 heterocycles. The standard InChI is InChI=1S/C11H11NO/c1-2-9-5-6-11(12-7-9)13-8-10-3-4-10/h1,5-7,10H,3-4,8H2. The van der Waals surface area contributed by atoms with Crippen LogP contribution >= 0.6 is 0 Å². The van der Waals surface area contributed by atoms with Crippen molar-refractivity contribution in [2.75, 3.05) is 6.61 Å². The van der Waals surface area contributed by atoms with Crippen LogP contribution in [0.3, 0.4) is 0 Å². The lowest BCUT2D eigenvalue weighted by molar-refractivity contribution is 0.288. The van der Waals surface area contributed by atoms with E-state index in [1.54, 1.807) is 6.20 Å². The van der Waals surface area contributed by atoms with E-state index in [0.29, 0.717) is 5.88 Å². The molecule has 0 aliphatic heterocycles. The van der Waals surface area contributed by atoms with Crippen molar-refractivity contribution >= 4 is 0 Å². The zero-order valence-corrected chi connectivity index (χ0v) is 7.36. The molecule has 2 heteroatoms. The highest BCUT2D eigenvalue weighted by atomic mass is 16.5. The maximum absolute atomic E-state index is 5.45. The highest BCUT2D eigenvalue weighted by Crippen LogP contribution is 2.29. The molecule has 2 nitrogen and oxygen atoms in total. The molecule has 1 aliphatic rings. The second-order valence-electron chi connectivity index (χ2n) is 3.28. The Morgan fingerprint density at radius 2 is 2.38 bits per heavy atom. The van der Waals surface area contributed by atoms with Gasteiger partial charge in [-0.1, -0.05) is 5.92 Å². The van der Waals surface area contributed by atoms with Gasteiger partial charge in [0.15, 0.2) is 0 Å². The van der Waals surface area contributed by atoms with Crippen molar-refractivity contribution in [2.45, 2.75) is 12.8 Å². The van der Waals surface area contributed by atoms with Crippen molar-refractivity contribution < 1.29 is 4.74 Å². The summed E-state index contributed by atoms with van der Waals surface area (Å²) in [5.41, 5.74) is 0.791. The van der Waals surface area contributed by atoms with E-state index in [1.807, 2.05) is 12.1 Å². The van der Waals surface area contributed by atoms with Crippen LogP contribution in [0, 0.1) is 18.3 Å². The Morgan fingerprint density at radius 3 is 2.92 bits per heavy atom. The average molecular weight is 173 g/mol. The molecule has 0 saturated heterocycles. The Hall–Kier alpha value is -1.49. The molecule has 0 radical (unpaired) electrons.